The Bertz CT molecular complexity index is 385. The number of anilines is 2. The molecule has 1 fully saturated rings. The number of hydrogen-bond donors (Lipinski definition) is 2. The SMILES string of the molecule is CC(O)C1CCN(c2nc(N)ncc2Cl)C1. The Hall–Kier alpha value is -1.07. The number of rotatable bonds is 2. The van der Waals surface area contributed by atoms with E-state index in [4.69, 9.17) is 17.3 Å². The van der Waals surface area contributed by atoms with Crippen LogP contribution in [0.1, 0.15) is 13.3 Å². The molecule has 5 nitrogen and oxygen atoms in total. The van der Waals surface area contributed by atoms with Gasteiger partial charge in [0.1, 0.15) is 5.02 Å². The Morgan fingerprint density at radius 2 is 2.44 bits per heavy atom. The van der Waals surface area contributed by atoms with E-state index < -0.39 is 0 Å². The molecule has 0 aliphatic carbocycles. The van der Waals surface area contributed by atoms with Crippen molar-refractivity contribution < 1.29 is 5.11 Å². The van der Waals surface area contributed by atoms with Crippen molar-refractivity contribution in [3.8, 4) is 0 Å². The summed E-state index contributed by atoms with van der Waals surface area (Å²) in [6.07, 6.45) is 2.15. The second-order valence-corrected chi connectivity index (χ2v) is 4.54. The van der Waals surface area contributed by atoms with E-state index in [9.17, 15) is 5.11 Å². The molecule has 2 rings (SSSR count). The zero-order valence-corrected chi connectivity index (χ0v) is 9.85. The van der Waals surface area contributed by atoms with E-state index in [1.54, 1.807) is 0 Å². The normalized spacial score (nSPS) is 22.4. The topological polar surface area (TPSA) is 75.3 Å². The molecule has 3 N–H and O–H groups in total. The van der Waals surface area contributed by atoms with E-state index >= 15 is 0 Å². The summed E-state index contributed by atoms with van der Waals surface area (Å²) in [4.78, 5) is 9.99. The third kappa shape index (κ3) is 2.20. The standard InChI is InChI=1S/C10H15ClN4O/c1-6(16)7-2-3-15(5-7)9-8(11)4-13-10(12)14-9/h4,6-7,16H,2-3,5H2,1H3,(H2,12,13,14). The molecule has 2 atom stereocenters. The van der Waals surface area contributed by atoms with Crippen molar-refractivity contribution in [3.63, 3.8) is 0 Å². The quantitative estimate of drug-likeness (QED) is 0.807. The van der Waals surface area contributed by atoms with Crippen LogP contribution in [0.2, 0.25) is 5.02 Å². The predicted octanol–water partition coefficient (Wildman–Crippen LogP) is 0.919. The van der Waals surface area contributed by atoms with Crippen LogP contribution in [-0.4, -0.2) is 34.3 Å². The molecule has 0 radical (unpaired) electrons. The molecule has 0 saturated carbocycles. The molecule has 88 valence electrons. The minimum atomic E-state index is -0.303. The third-order valence-electron chi connectivity index (χ3n) is 2.95. The first-order chi connectivity index (χ1) is 7.58. The van der Waals surface area contributed by atoms with Crippen LogP contribution >= 0.6 is 11.6 Å². The molecule has 1 aromatic rings. The molecule has 1 aromatic heterocycles. The Labute approximate surface area is 99.3 Å². The van der Waals surface area contributed by atoms with E-state index in [0.29, 0.717) is 10.8 Å². The fourth-order valence-corrected chi connectivity index (χ4v) is 2.18. The summed E-state index contributed by atoms with van der Waals surface area (Å²) < 4.78 is 0. The van der Waals surface area contributed by atoms with E-state index in [1.807, 2.05) is 11.8 Å². The van der Waals surface area contributed by atoms with E-state index in [2.05, 4.69) is 9.97 Å². The fourth-order valence-electron chi connectivity index (χ4n) is 1.97. The molecule has 0 aromatic carbocycles. The van der Waals surface area contributed by atoms with Crippen molar-refractivity contribution in [2.45, 2.75) is 19.4 Å². The third-order valence-corrected chi connectivity index (χ3v) is 3.22. The van der Waals surface area contributed by atoms with Crippen molar-refractivity contribution in [3.05, 3.63) is 11.2 Å². The number of nitrogens with zero attached hydrogens (tertiary/aromatic N) is 3. The summed E-state index contributed by atoms with van der Waals surface area (Å²) in [5.41, 5.74) is 5.53. The Kier molecular flexibility index (Phi) is 3.16. The molecule has 0 amide bonds. The van der Waals surface area contributed by atoms with Crippen molar-refractivity contribution in [1.29, 1.82) is 0 Å². The minimum absolute atomic E-state index is 0.222. The Morgan fingerprint density at radius 3 is 3.06 bits per heavy atom. The monoisotopic (exact) mass is 242 g/mol. The van der Waals surface area contributed by atoms with Gasteiger partial charge in [0.25, 0.3) is 0 Å². The van der Waals surface area contributed by atoms with Gasteiger partial charge in [-0.05, 0) is 13.3 Å². The number of halogens is 1. The second kappa shape index (κ2) is 4.43. The lowest BCUT2D eigenvalue weighted by Crippen LogP contribution is -2.25. The lowest BCUT2D eigenvalue weighted by molar-refractivity contribution is 0.136. The van der Waals surface area contributed by atoms with Gasteiger partial charge in [0.15, 0.2) is 5.82 Å². The molecule has 1 saturated heterocycles. The van der Waals surface area contributed by atoms with Gasteiger partial charge in [-0.2, -0.15) is 4.98 Å². The highest BCUT2D eigenvalue weighted by Crippen LogP contribution is 2.29. The number of hydrogen-bond acceptors (Lipinski definition) is 5. The molecule has 6 heteroatoms. The molecule has 2 unspecified atom stereocenters. The molecule has 0 bridgehead atoms. The number of aliphatic hydroxyl groups is 1. The van der Waals surface area contributed by atoms with Gasteiger partial charge in [-0.25, -0.2) is 4.98 Å². The average Bonchev–Trinajstić information content (AvgIpc) is 2.70. The van der Waals surface area contributed by atoms with Gasteiger partial charge in [0.2, 0.25) is 5.95 Å². The van der Waals surface area contributed by atoms with Gasteiger partial charge in [0.05, 0.1) is 12.3 Å². The molecular formula is C10H15ClN4O. The van der Waals surface area contributed by atoms with Crippen molar-refractivity contribution in [1.82, 2.24) is 9.97 Å². The minimum Gasteiger partial charge on any atom is -0.393 e. The van der Waals surface area contributed by atoms with Crippen LogP contribution in [0.25, 0.3) is 0 Å². The fraction of sp³-hybridized carbons (Fsp3) is 0.600. The summed E-state index contributed by atoms with van der Waals surface area (Å²) in [7, 11) is 0. The summed E-state index contributed by atoms with van der Waals surface area (Å²) >= 11 is 6.02. The van der Waals surface area contributed by atoms with Gasteiger partial charge in [-0.3, -0.25) is 0 Å². The largest absolute Gasteiger partial charge is 0.393 e. The molecular weight excluding hydrogens is 228 g/mol. The maximum absolute atomic E-state index is 9.52. The molecule has 2 heterocycles. The predicted molar refractivity (Wildman–Crippen MR) is 63.5 cm³/mol. The van der Waals surface area contributed by atoms with Gasteiger partial charge >= 0.3 is 0 Å². The van der Waals surface area contributed by atoms with E-state index in [1.165, 1.54) is 6.20 Å². The first-order valence-corrected chi connectivity index (χ1v) is 5.66. The molecule has 0 spiro atoms. The van der Waals surface area contributed by atoms with E-state index in [0.717, 1.165) is 19.5 Å². The summed E-state index contributed by atoms with van der Waals surface area (Å²) in [6, 6.07) is 0. The Morgan fingerprint density at radius 1 is 1.69 bits per heavy atom. The van der Waals surface area contributed by atoms with Crippen LogP contribution in [0, 0.1) is 5.92 Å². The number of aliphatic hydroxyl groups excluding tert-OH is 1. The second-order valence-electron chi connectivity index (χ2n) is 4.14. The lowest BCUT2D eigenvalue weighted by Gasteiger charge is -2.19. The highest BCUT2D eigenvalue weighted by Gasteiger charge is 2.28. The lowest BCUT2D eigenvalue weighted by atomic mass is 10.0. The van der Waals surface area contributed by atoms with Crippen LogP contribution in [0.4, 0.5) is 11.8 Å². The average molecular weight is 243 g/mol. The summed E-state index contributed by atoms with van der Waals surface area (Å²) in [5, 5.41) is 10.0. The van der Waals surface area contributed by atoms with Crippen LogP contribution in [-0.2, 0) is 0 Å². The van der Waals surface area contributed by atoms with Crippen molar-refractivity contribution >= 4 is 23.4 Å². The first kappa shape index (κ1) is 11.4. The molecule has 16 heavy (non-hydrogen) atoms. The zero-order chi connectivity index (χ0) is 11.7. The van der Waals surface area contributed by atoms with Crippen LogP contribution in [0.15, 0.2) is 6.20 Å². The smallest absolute Gasteiger partial charge is 0.222 e. The zero-order valence-electron chi connectivity index (χ0n) is 9.10. The van der Waals surface area contributed by atoms with Gasteiger partial charge in [-0.1, -0.05) is 11.6 Å². The van der Waals surface area contributed by atoms with Crippen molar-refractivity contribution in [2.24, 2.45) is 5.92 Å². The van der Waals surface area contributed by atoms with Crippen LogP contribution < -0.4 is 10.6 Å². The van der Waals surface area contributed by atoms with Gasteiger partial charge in [0, 0.05) is 19.0 Å². The summed E-state index contributed by atoms with van der Waals surface area (Å²) in [5.74, 6) is 1.16. The summed E-state index contributed by atoms with van der Waals surface area (Å²) in [6.45, 7) is 3.41. The first-order valence-electron chi connectivity index (χ1n) is 5.29. The number of aromatic nitrogens is 2. The number of nitrogens with two attached hydrogens (primary N) is 1. The van der Waals surface area contributed by atoms with Gasteiger partial charge in [-0.15, -0.1) is 0 Å². The van der Waals surface area contributed by atoms with Gasteiger partial charge < -0.3 is 15.7 Å². The molecule has 1 aliphatic heterocycles. The van der Waals surface area contributed by atoms with Crippen LogP contribution in [0.3, 0.4) is 0 Å². The maximum Gasteiger partial charge on any atom is 0.222 e. The van der Waals surface area contributed by atoms with E-state index in [-0.39, 0.29) is 18.0 Å². The number of nitrogen functional groups attached to an aromatic ring is 1. The van der Waals surface area contributed by atoms with Crippen molar-refractivity contribution in [2.75, 3.05) is 23.7 Å². The Balaban J connectivity index is 2.17. The highest BCUT2D eigenvalue weighted by molar-refractivity contribution is 6.32. The van der Waals surface area contributed by atoms with Crippen LogP contribution in [0.5, 0.6) is 0 Å². The molecule has 1 aliphatic rings. The maximum atomic E-state index is 9.52. The highest BCUT2D eigenvalue weighted by atomic mass is 35.5.